The number of nitrogens with two attached hydrogens (primary N) is 1. The summed E-state index contributed by atoms with van der Waals surface area (Å²) in [6.07, 6.45) is -5.41. The molecule has 2 atom stereocenters. The molecule has 13 heteroatoms. The molecule has 0 saturated heterocycles. The van der Waals surface area contributed by atoms with Crippen LogP contribution < -0.4 is 15.8 Å². The van der Waals surface area contributed by atoms with Crippen molar-refractivity contribution in [3.63, 3.8) is 0 Å². The van der Waals surface area contributed by atoms with Crippen molar-refractivity contribution in [2.45, 2.75) is 24.1 Å². The predicted octanol–water partition coefficient (Wildman–Crippen LogP) is 3.21. The van der Waals surface area contributed by atoms with E-state index >= 15 is 0 Å². The van der Waals surface area contributed by atoms with E-state index in [1.54, 1.807) is 0 Å². The van der Waals surface area contributed by atoms with E-state index in [1.165, 1.54) is 25.1 Å². The molecule has 2 heterocycles. The summed E-state index contributed by atoms with van der Waals surface area (Å²) in [5, 5.41) is 21.9. The molecule has 0 bridgehead atoms. The number of nitrogens with zero attached hydrogens (tertiary/aromatic N) is 2. The van der Waals surface area contributed by atoms with E-state index in [2.05, 4.69) is 4.98 Å². The molecule has 1 aromatic heterocycles. The lowest BCUT2D eigenvalue weighted by molar-refractivity contribution is -0.265. The van der Waals surface area contributed by atoms with Gasteiger partial charge in [0.15, 0.2) is 0 Å². The summed E-state index contributed by atoms with van der Waals surface area (Å²) >= 11 is 0. The van der Waals surface area contributed by atoms with E-state index in [9.17, 15) is 36.6 Å². The highest BCUT2D eigenvalue weighted by Crippen LogP contribution is 2.47. The molecule has 8 nitrogen and oxygen atoms in total. The molecule has 39 heavy (non-hydrogen) atoms. The quantitative estimate of drug-likeness (QED) is 0.406. The van der Waals surface area contributed by atoms with Crippen LogP contribution in [0.5, 0.6) is 5.75 Å². The lowest BCUT2D eigenvalue weighted by Gasteiger charge is -2.31. The number of alkyl halides is 3. The van der Waals surface area contributed by atoms with Gasteiger partial charge in [-0.15, -0.1) is 0 Å². The van der Waals surface area contributed by atoms with Crippen LogP contribution in [0.4, 0.5) is 22.0 Å². The van der Waals surface area contributed by atoms with Crippen LogP contribution in [-0.2, 0) is 15.8 Å². The van der Waals surface area contributed by atoms with E-state index in [-0.39, 0.29) is 34.7 Å². The first-order chi connectivity index (χ1) is 18.2. The Balaban J connectivity index is 1.83. The molecule has 0 radical (unpaired) electrons. The second-order valence-electron chi connectivity index (χ2n) is 9.07. The number of rotatable bonds is 6. The fourth-order valence-electron chi connectivity index (χ4n) is 4.00. The van der Waals surface area contributed by atoms with E-state index < -0.39 is 58.4 Å². The zero-order valence-corrected chi connectivity index (χ0v) is 20.1. The van der Waals surface area contributed by atoms with Crippen molar-refractivity contribution >= 4 is 11.8 Å². The highest BCUT2D eigenvalue weighted by atomic mass is 19.4. The molecule has 0 unspecified atom stereocenters. The molecule has 202 valence electrons. The topological polar surface area (TPSA) is 138 Å². The number of carbonyl (C=O) groups is 2. The first-order valence-electron chi connectivity index (χ1n) is 11.2. The van der Waals surface area contributed by atoms with Gasteiger partial charge in [-0.1, -0.05) is 0 Å². The van der Waals surface area contributed by atoms with Crippen molar-refractivity contribution in [1.82, 2.24) is 10.3 Å². The van der Waals surface area contributed by atoms with Crippen molar-refractivity contribution in [1.29, 1.82) is 5.26 Å². The third-order valence-corrected chi connectivity index (χ3v) is 6.48. The Morgan fingerprint density at radius 2 is 1.85 bits per heavy atom. The van der Waals surface area contributed by atoms with E-state index in [1.807, 2.05) is 5.32 Å². The summed E-state index contributed by atoms with van der Waals surface area (Å²) in [7, 11) is 0. The van der Waals surface area contributed by atoms with Crippen LogP contribution in [-0.4, -0.2) is 41.2 Å². The number of aliphatic hydroxyl groups is 1. The Morgan fingerprint density at radius 3 is 2.44 bits per heavy atom. The van der Waals surface area contributed by atoms with Gasteiger partial charge in [0.05, 0.1) is 17.8 Å². The van der Waals surface area contributed by atoms with Crippen LogP contribution >= 0.6 is 0 Å². The molecule has 0 aliphatic carbocycles. The molecule has 2 amide bonds. The van der Waals surface area contributed by atoms with Gasteiger partial charge in [-0.3, -0.25) is 9.59 Å². The number of benzene rings is 2. The highest BCUT2D eigenvalue weighted by Gasteiger charge is 2.57. The Hall–Kier alpha value is -4.57. The van der Waals surface area contributed by atoms with Gasteiger partial charge in [0.1, 0.15) is 41.2 Å². The number of nitriles is 1. The lowest BCUT2D eigenvalue weighted by atomic mass is 9.81. The van der Waals surface area contributed by atoms with Crippen LogP contribution in [0.25, 0.3) is 11.3 Å². The SMILES string of the molecule is C[C@]1(C(N)=O)COc2c1cc([C@@](O)(CNC(=O)c1ccc(F)c(C#N)c1)C(F)(F)F)nc2-c1ccc(F)cc1. The number of hydrogen-bond acceptors (Lipinski definition) is 6. The smallest absolute Gasteiger partial charge is 0.424 e. The summed E-state index contributed by atoms with van der Waals surface area (Å²) in [4.78, 5) is 28.8. The summed E-state index contributed by atoms with van der Waals surface area (Å²) in [5.74, 6) is -3.70. The zero-order valence-electron chi connectivity index (χ0n) is 20.1. The Bertz CT molecular complexity index is 1520. The third kappa shape index (κ3) is 4.74. The molecule has 0 saturated carbocycles. The molecule has 1 aliphatic heterocycles. The lowest BCUT2D eigenvalue weighted by Crippen LogP contribution is -2.51. The molecule has 4 N–H and O–H groups in total. The zero-order chi connectivity index (χ0) is 28.8. The maximum Gasteiger partial charge on any atom is 0.424 e. The van der Waals surface area contributed by atoms with E-state index in [0.717, 1.165) is 36.4 Å². The van der Waals surface area contributed by atoms with Crippen LogP contribution in [0.3, 0.4) is 0 Å². The van der Waals surface area contributed by atoms with E-state index in [0.29, 0.717) is 0 Å². The number of halogens is 5. The molecule has 0 spiro atoms. The van der Waals surface area contributed by atoms with E-state index in [4.69, 9.17) is 15.7 Å². The number of ether oxygens (including phenoxy) is 1. The largest absolute Gasteiger partial charge is 0.489 e. The van der Waals surface area contributed by atoms with Gasteiger partial charge in [-0.25, -0.2) is 13.8 Å². The van der Waals surface area contributed by atoms with Crippen molar-refractivity contribution in [2.75, 3.05) is 13.2 Å². The van der Waals surface area contributed by atoms with Gasteiger partial charge in [0, 0.05) is 16.7 Å². The molecular formula is C26H19F5N4O4. The minimum Gasteiger partial charge on any atom is -0.489 e. The fourth-order valence-corrected chi connectivity index (χ4v) is 4.00. The van der Waals surface area contributed by atoms with Crippen molar-refractivity contribution in [3.05, 3.63) is 82.5 Å². The van der Waals surface area contributed by atoms with Crippen LogP contribution in [0.15, 0.2) is 48.5 Å². The number of aromatic nitrogens is 1. The summed E-state index contributed by atoms with van der Waals surface area (Å²) in [6.45, 7) is -0.434. The number of carbonyl (C=O) groups excluding carboxylic acids is 2. The van der Waals surface area contributed by atoms with Crippen molar-refractivity contribution in [3.8, 4) is 23.1 Å². The fraction of sp³-hybridized carbons (Fsp3) is 0.231. The molecule has 4 rings (SSSR count). The third-order valence-electron chi connectivity index (χ3n) is 6.48. The molecule has 0 fully saturated rings. The molecule has 1 aliphatic rings. The molecular weight excluding hydrogens is 527 g/mol. The first kappa shape index (κ1) is 27.5. The van der Waals surface area contributed by atoms with Gasteiger partial charge < -0.3 is 20.9 Å². The number of amides is 2. The molecule has 2 aromatic carbocycles. The average Bonchev–Trinajstić information content (AvgIpc) is 3.24. The Morgan fingerprint density at radius 1 is 1.18 bits per heavy atom. The maximum absolute atomic E-state index is 14.4. The highest BCUT2D eigenvalue weighted by molar-refractivity contribution is 5.94. The second-order valence-corrected chi connectivity index (χ2v) is 9.07. The monoisotopic (exact) mass is 546 g/mol. The number of fused-ring (bicyclic) bond motifs is 1. The Kier molecular flexibility index (Phi) is 6.78. The maximum atomic E-state index is 14.4. The van der Waals surface area contributed by atoms with Gasteiger partial charge >= 0.3 is 6.18 Å². The first-order valence-corrected chi connectivity index (χ1v) is 11.2. The van der Waals surface area contributed by atoms with Crippen molar-refractivity contribution in [2.24, 2.45) is 5.73 Å². The van der Waals surface area contributed by atoms with Crippen LogP contribution in [0, 0.1) is 23.0 Å². The van der Waals surface area contributed by atoms with Crippen molar-refractivity contribution < 1.29 is 41.4 Å². The number of primary amides is 1. The number of pyridine rings is 1. The average molecular weight is 546 g/mol. The minimum absolute atomic E-state index is 0.0736. The van der Waals surface area contributed by atoms with Crippen LogP contribution in [0.1, 0.15) is 34.1 Å². The number of nitrogens with one attached hydrogen (secondary N) is 1. The Labute approximate surface area is 217 Å². The minimum atomic E-state index is -5.41. The van der Waals surface area contributed by atoms with Gasteiger partial charge in [-0.2, -0.15) is 18.4 Å². The van der Waals surface area contributed by atoms with Gasteiger partial charge in [0.2, 0.25) is 11.5 Å². The predicted molar refractivity (Wildman–Crippen MR) is 125 cm³/mol. The van der Waals surface area contributed by atoms with Crippen LogP contribution in [0.2, 0.25) is 0 Å². The normalized spacial score (nSPS) is 17.9. The summed E-state index contributed by atoms with van der Waals surface area (Å²) in [6, 6.07) is 9.44. The summed E-state index contributed by atoms with van der Waals surface area (Å²) < 4.78 is 75.9. The van der Waals surface area contributed by atoms with Gasteiger partial charge in [-0.05, 0) is 55.5 Å². The molecule has 3 aromatic rings. The number of hydrogen-bond donors (Lipinski definition) is 3. The standard InChI is InChI=1S/C26H19F5N4O4/c1-24(23(33)37)12-39-21-17(24)9-19(35-20(21)13-2-5-16(27)6-3-13)25(38,26(29,30)31)11-34-22(36)14-4-7-18(28)15(8-14)10-32/h2-9,38H,11-12H2,1H3,(H2,33,37)(H,34,36)/t24-,25-/m0/s1. The van der Waals surface area contributed by atoms with Gasteiger partial charge in [0.25, 0.3) is 5.91 Å². The summed E-state index contributed by atoms with van der Waals surface area (Å²) in [5.41, 5.74) is -1.92. The second kappa shape index (κ2) is 9.63.